The number of amides is 1. The Hall–Kier alpha value is -1.88. The number of hydrogen-bond donors (Lipinski definition) is 1. The van der Waals surface area contributed by atoms with Gasteiger partial charge in [0.25, 0.3) is 0 Å². The summed E-state index contributed by atoms with van der Waals surface area (Å²) in [5, 5.41) is 3.64. The van der Waals surface area contributed by atoms with Crippen LogP contribution in [0.4, 0.5) is 5.69 Å². The normalized spacial score (nSPS) is 12.0. The van der Waals surface area contributed by atoms with E-state index in [0.717, 1.165) is 29.2 Å². The van der Waals surface area contributed by atoms with Gasteiger partial charge in [0.15, 0.2) is 0 Å². The third-order valence-electron chi connectivity index (χ3n) is 3.33. The molecule has 22 heavy (non-hydrogen) atoms. The van der Waals surface area contributed by atoms with Crippen LogP contribution in [0.2, 0.25) is 0 Å². The van der Waals surface area contributed by atoms with Crippen LogP contribution in [0.3, 0.4) is 0 Å². The van der Waals surface area contributed by atoms with Gasteiger partial charge >= 0.3 is 0 Å². The predicted molar refractivity (Wildman–Crippen MR) is 91.2 cm³/mol. The van der Waals surface area contributed by atoms with E-state index >= 15 is 0 Å². The second-order valence-corrected chi connectivity index (χ2v) is 6.28. The van der Waals surface area contributed by atoms with Crippen LogP contribution in [0.5, 0.6) is 0 Å². The summed E-state index contributed by atoms with van der Waals surface area (Å²) in [6.45, 7) is 6.04. The Kier molecular flexibility index (Phi) is 5.95. The first-order chi connectivity index (χ1) is 10.6. The lowest BCUT2D eigenvalue weighted by molar-refractivity contribution is -0.115. The van der Waals surface area contributed by atoms with E-state index in [1.807, 2.05) is 44.2 Å². The molecule has 1 aromatic heterocycles. The maximum absolute atomic E-state index is 12.4. The lowest BCUT2D eigenvalue weighted by Gasteiger charge is -2.14. The largest absolute Gasteiger partial charge is 0.325 e. The maximum atomic E-state index is 12.4. The number of anilines is 1. The molecule has 0 bridgehead atoms. The van der Waals surface area contributed by atoms with E-state index in [-0.39, 0.29) is 11.2 Å². The highest BCUT2D eigenvalue weighted by Crippen LogP contribution is 2.25. The van der Waals surface area contributed by atoms with Gasteiger partial charge in [-0.25, -0.2) is 9.97 Å². The summed E-state index contributed by atoms with van der Waals surface area (Å²) in [7, 11) is 0. The quantitative estimate of drug-likeness (QED) is 0.649. The van der Waals surface area contributed by atoms with E-state index in [9.17, 15) is 4.79 Å². The zero-order valence-electron chi connectivity index (χ0n) is 13.2. The van der Waals surface area contributed by atoms with E-state index in [1.165, 1.54) is 23.7 Å². The summed E-state index contributed by atoms with van der Waals surface area (Å²) in [6.07, 6.45) is 3.27. The Morgan fingerprint density at radius 3 is 2.55 bits per heavy atom. The molecule has 0 aliphatic carbocycles. The minimum atomic E-state index is -0.167. The molecule has 1 heterocycles. The molecule has 2 aromatic rings. The molecule has 0 aliphatic rings. The van der Waals surface area contributed by atoms with Crippen molar-refractivity contribution in [1.82, 2.24) is 9.97 Å². The number of nitrogens with zero attached hydrogens (tertiary/aromatic N) is 2. The van der Waals surface area contributed by atoms with Crippen molar-refractivity contribution in [3.05, 3.63) is 47.9 Å². The smallest absolute Gasteiger partial charge is 0.237 e. The molecule has 4 nitrogen and oxygen atoms in total. The number of nitrogens with one attached hydrogen (secondary N) is 1. The molecule has 5 heteroatoms. The van der Waals surface area contributed by atoms with Gasteiger partial charge in [-0.15, -0.1) is 0 Å². The van der Waals surface area contributed by atoms with Crippen LogP contribution in [0, 0.1) is 6.92 Å². The fourth-order valence-corrected chi connectivity index (χ4v) is 2.98. The average Bonchev–Trinajstić information content (AvgIpc) is 2.53. The van der Waals surface area contributed by atoms with Crippen molar-refractivity contribution < 1.29 is 4.79 Å². The SMILES string of the molecule is CCc1ccc(NC(=O)C(CC)Sc2cc(C)ncn2)cc1. The molecule has 0 fully saturated rings. The summed E-state index contributed by atoms with van der Waals surface area (Å²) in [5.74, 6) is 0.00742. The fourth-order valence-electron chi connectivity index (χ4n) is 2.01. The number of carbonyl (C=O) groups excluding carboxylic acids is 1. The molecule has 2 rings (SSSR count). The molecule has 1 unspecified atom stereocenters. The van der Waals surface area contributed by atoms with Crippen LogP contribution in [0.25, 0.3) is 0 Å². The summed E-state index contributed by atoms with van der Waals surface area (Å²) in [4.78, 5) is 20.7. The van der Waals surface area contributed by atoms with Crippen molar-refractivity contribution >= 4 is 23.4 Å². The van der Waals surface area contributed by atoms with Crippen LogP contribution in [0.15, 0.2) is 41.7 Å². The van der Waals surface area contributed by atoms with E-state index in [0.29, 0.717) is 0 Å². The van der Waals surface area contributed by atoms with Gasteiger partial charge in [-0.2, -0.15) is 0 Å². The molecular weight excluding hydrogens is 294 g/mol. The topological polar surface area (TPSA) is 54.9 Å². The zero-order valence-corrected chi connectivity index (χ0v) is 14.0. The number of rotatable bonds is 6. The third-order valence-corrected chi connectivity index (χ3v) is 4.63. The summed E-state index contributed by atoms with van der Waals surface area (Å²) >= 11 is 1.47. The van der Waals surface area contributed by atoms with E-state index in [2.05, 4.69) is 22.2 Å². The van der Waals surface area contributed by atoms with Gasteiger partial charge in [-0.05, 0) is 43.5 Å². The van der Waals surface area contributed by atoms with Gasteiger partial charge in [0, 0.05) is 11.4 Å². The first-order valence-corrected chi connectivity index (χ1v) is 8.35. The Balaban J connectivity index is 2.01. The molecule has 0 saturated heterocycles. The van der Waals surface area contributed by atoms with Gasteiger partial charge in [0.1, 0.15) is 11.4 Å². The van der Waals surface area contributed by atoms with Crippen LogP contribution in [-0.4, -0.2) is 21.1 Å². The van der Waals surface area contributed by atoms with Gasteiger partial charge in [0.05, 0.1) is 5.25 Å². The molecule has 0 aliphatic heterocycles. The molecule has 1 N–H and O–H groups in total. The molecule has 116 valence electrons. The lowest BCUT2D eigenvalue weighted by atomic mass is 10.1. The van der Waals surface area contributed by atoms with Crippen molar-refractivity contribution in [2.45, 2.75) is 43.9 Å². The first kappa shape index (κ1) is 16.5. The molecule has 0 saturated carbocycles. The van der Waals surface area contributed by atoms with Gasteiger partial charge < -0.3 is 5.32 Å². The minimum Gasteiger partial charge on any atom is -0.325 e. The van der Waals surface area contributed by atoms with Gasteiger partial charge in [0.2, 0.25) is 5.91 Å². The van der Waals surface area contributed by atoms with Crippen molar-refractivity contribution in [3.8, 4) is 0 Å². The number of carbonyl (C=O) groups is 1. The first-order valence-electron chi connectivity index (χ1n) is 7.47. The second-order valence-electron chi connectivity index (χ2n) is 5.05. The van der Waals surface area contributed by atoms with Gasteiger partial charge in [-0.1, -0.05) is 37.7 Å². The highest BCUT2D eigenvalue weighted by atomic mass is 32.2. The van der Waals surface area contributed by atoms with E-state index < -0.39 is 0 Å². The van der Waals surface area contributed by atoms with Crippen molar-refractivity contribution in [2.24, 2.45) is 0 Å². The third kappa shape index (κ3) is 4.56. The standard InChI is InChI=1S/C17H21N3OS/c1-4-13-6-8-14(9-7-13)20-17(21)15(5-2)22-16-10-12(3)18-11-19-16/h6-11,15H,4-5H2,1-3H3,(H,20,21). The predicted octanol–water partition coefficient (Wildman–Crippen LogP) is 3.86. The van der Waals surface area contributed by atoms with Crippen molar-refractivity contribution in [2.75, 3.05) is 5.32 Å². The van der Waals surface area contributed by atoms with Crippen LogP contribution in [-0.2, 0) is 11.2 Å². The molecule has 1 atom stereocenters. The Morgan fingerprint density at radius 2 is 1.95 bits per heavy atom. The van der Waals surface area contributed by atoms with Crippen LogP contribution < -0.4 is 5.32 Å². The number of hydrogen-bond acceptors (Lipinski definition) is 4. The average molecular weight is 315 g/mol. The van der Waals surface area contributed by atoms with Crippen molar-refractivity contribution in [1.29, 1.82) is 0 Å². The monoisotopic (exact) mass is 315 g/mol. The highest BCUT2D eigenvalue weighted by Gasteiger charge is 2.18. The lowest BCUT2D eigenvalue weighted by Crippen LogP contribution is -2.24. The Bertz CT molecular complexity index is 628. The summed E-state index contributed by atoms with van der Waals surface area (Å²) < 4.78 is 0. The highest BCUT2D eigenvalue weighted by molar-refractivity contribution is 8.00. The summed E-state index contributed by atoms with van der Waals surface area (Å²) in [6, 6.07) is 9.87. The van der Waals surface area contributed by atoms with Crippen LogP contribution >= 0.6 is 11.8 Å². The van der Waals surface area contributed by atoms with Crippen molar-refractivity contribution in [3.63, 3.8) is 0 Å². The Labute approximate surface area is 135 Å². The molecule has 1 amide bonds. The number of aromatic nitrogens is 2. The van der Waals surface area contributed by atoms with Gasteiger partial charge in [-0.3, -0.25) is 4.79 Å². The Morgan fingerprint density at radius 1 is 1.23 bits per heavy atom. The number of aryl methyl sites for hydroxylation is 2. The zero-order chi connectivity index (χ0) is 15.9. The fraction of sp³-hybridized carbons (Fsp3) is 0.353. The molecule has 0 radical (unpaired) electrons. The molecular formula is C17H21N3OS. The maximum Gasteiger partial charge on any atom is 0.237 e. The van der Waals surface area contributed by atoms with E-state index in [4.69, 9.17) is 0 Å². The number of thioether (sulfide) groups is 1. The van der Waals surface area contributed by atoms with Crippen LogP contribution in [0.1, 0.15) is 31.5 Å². The van der Waals surface area contributed by atoms with E-state index in [1.54, 1.807) is 0 Å². The minimum absolute atomic E-state index is 0.00742. The second kappa shape index (κ2) is 7.94. The number of benzene rings is 1. The molecule has 0 spiro atoms. The summed E-state index contributed by atoms with van der Waals surface area (Å²) in [5.41, 5.74) is 3.00. The molecule has 1 aromatic carbocycles.